The molecule has 0 aromatic heterocycles. The standard InChI is InChI=1S/C8H20N2O2/c1-6(5-9)10-7(2)8(11-3)12-4/h6-8,10H,5,9H2,1-4H3. The van der Waals surface area contributed by atoms with Crippen LogP contribution in [0.4, 0.5) is 0 Å². The van der Waals surface area contributed by atoms with Gasteiger partial charge in [-0.2, -0.15) is 0 Å². The predicted octanol–water partition coefficient (Wildman–Crippen LogP) is -0.0694. The van der Waals surface area contributed by atoms with E-state index >= 15 is 0 Å². The average molecular weight is 176 g/mol. The number of methoxy groups -OCH3 is 2. The molecule has 2 unspecified atom stereocenters. The first-order valence-corrected chi connectivity index (χ1v) is 4.17. The molecule has 0 bridgehead atoms. The zero-order chi connectivity index (χ0) is 9.56. The van der Waals surface area contributed by atoms with E-state index in [2.05, 4.69) is 5.32 Å². The van der Waals surface area contributed by atoms with Gasteiger partial charge < -0.3 is 20.5 Å². The second-order valence-electron chi connectivity index (χ2n) is 2.93. The maximum absolute atomic E-state index is 5.46. The third-order valence-corrected chi connectivity index (χ3v) is 1.77. The fourth-order valence-corrected chi connectivity index (χ4v) is 1.10. The topological polar surface area (TPSA) is 56.5 Å². The number of nitrogens with one attached hydrogen (secondary N) is 1. The number of nitrogens with two attached hydrogens (primary N) is 1. The first-order chi connectivity index (χ1) is 5.65. The molecule has 0 aliphatic carbocycles. The van der Waals surface area contributed by atoms with Crippen molar-refractivity contribution >= 4 is 0 Å². The van der Waals surface area contributed by atoms with Gasteiger partial charge in [-0.3, -0.25) is 0 Å². The third-order valence-electron chi connectivity index (χ3n) is 1.77. The molecule has 0 amide bonds. The van der Waals surface area contributed by atoms with Crippen LogP contribution in [0.1, 0.15) is 13.8 Å². The largest absolute Gasteiger partial charge is 0.354 e. The van der Waals surface area contributed by atoms with Gasteiger partial charge in [-0.15, -0.1) is 0 Å². The summed E-state index contributed by atoms with van der Waals surface area (Å²) in [5, 5.41) is 3.26. The molecule has 0 fully saturated rings. The Morgan fingerprint density at radius 3 is 2.08 bits per heavy atom. The highest BCUT2D eigenvalue weighted by molar-refractivity contribution is 4.70. The fraction of sp³-hybridized carbons (Fsp3) is 1.00. The lowest BCUT2D eigenvalue weighted by Gasteiger charge is -2.24. The summed E-state index contributed by atoms with van der Waals surface area (Å²) in [4.78, 5) is 0. The molecule has 12 heavy (non-hydrogen) atoms. The van der Waals surface area contributed by atoms with Crippen molar-refractivity contribution in [3.05, 3.63) is 0 Å². The predicted molar refractivity (Wildman–Crippen MR) is 48.9 cm³/mol. The Morgan fingerprint density at radius 2 is 1.75 bits per heavy atom. The Balaban J connectivity index is 3.75. The van der Waals surface area contributed by atoms with E-state index in [4.69, 9.17) is 15.2 Å². The van der Waals surface area contributed by atoms with Crippen molar-refractivity contribution in [3.8, 4) is 0 Å². The molecule has 2 atom stereocenters. The van der Waals surface area contributed by atoms with E-state index in [1.807, 2.05) is 13.8 Å². The minimum absolute atomic E-state index is 0.151. The fourth-order valence-electron chi connectivity index (χ4n) is 1.10. The first-order valence-electron chi connectivity index (χ1n) is 4.17. The number of hydrogen-bond donors (Lipinski definition) is 2. The van der Waals surface area contributed by atoms with Crippen molar-refractivity contribution in [2.45, 2.75) is 32.2 Å². The van der Waals surface area contributed by atoms with Crippen LogP contribution in [0.15, 0.2) is 0 Å². The van der Waals surface area contributed by atoms with Gasteiger partial charge in [-0.25, -0.2) is 0 Å². The summed E-state index contributed by atoms with van der Waals surface area (Å²) >= 11 is 0. The van der Waals surface area contributed by atoms with Gasteiger partial charge in [0.05, 0.1) is 6.04 Å². The van der Waals surface area contributed by atoms with Crippen LogP contribution in [0.2, 0.25) is 0 Å². The van der Waals surface area contributed by atoms with Crippen molar-refractivity contribution in [1.82, 2.24) is 5.32 Å². The van der Waals surface area contributed by atoms with Gasteiger partial charge >= 0.3 is 0 Å². The van der Waals surface area contributed by atoms with E-state index in [0.29, 0.717) is 6.54 Å². The maximum Gasteiger partial charge on any atom is 0.171 e. The Kier molecular flexibility index (Phi) is 6.28. The molecular formula is C8H20N2O2. The molecule has 0 aliphatic rings. The molecule has 0 aromatic carbocycles. The first kappa shape index (κ1) is 11.8. The second kappa shape index (κ2) is 6.37. The van der Waals surface area contributed by atoms with Crippen LogP contribution in [0.25, 0.3) is 0 Å². The van der Waals surface area contributed by atoms with Crippen molar-refractivity contribution in [2.24, 2.45) is 5.73 Å². The lowest BCUT2D eigenvalue weighted by Crippen LogP contribution is -2.46. The minimum atomic E-state index is -0.209. The van der Waals surface area contributed by atoms with Crippen LogP contribution in [-0.4, -0.2) is 39.1 Å². The third kappa shape index (κ3) is 4.01. The van der Waals surface area contributed by atoms with E-state index in [9.17, 15) is 0 Å². The summed E-state index contributed by atoms with van der Waals surface area (Å²) in [6.07, 6.45) is -0.209. The number of rotatable bonds is 6. The van der Waals surface area contributed by atoms with Gasteiger partial charge in [0.2, 0.25) is 0 Å². The molecule has 0 heterocycles. The average Bonchev–Trinajstić information content (AvgIpc) is 2.06. The van der Waals surface area contributed by atoms with Gasteiger partial charge in [-0.05, 0) is 13.8 Å². The van der Waals surface area contributed by atoms with Crippen LogP contribution in [0.5, 0.6) is 0 Å². The Labute approximate surface area is 74.4 Å². The van der Waals surface area contributed by atoms with Gasteiger partial charge in [0.25, 0.3) is 0 Å². The molecule has 3 N–H and O–H groups in total. The molecule has 0 radical (unpaired) electrons. The zero-order valence-corrected chi connectivity index (χ0v) is 8.33. The normalized spacial score (nSPS) is 16.5. The molecule has 74 valence electrons. The maximum atomic E-state index is 5.46. The molecule has 0 aliphatic heterocycles. The highest BCUT2D eigenvalue weighted by Gasteiger charge is 2.16. The Morgan fingerprint density at radius 1 is 1.25 bits per heavy atom. The molecule has 0 saturated heterocycles. The Bertz CT molecular complexity index is 107. The summed E-state index contributed by atoms with van der Waals surface area (Å²) in [5.41, 5.74) is 5.46. The lowest BCUT2D eigenvalue weighted by atomic mass is 10.2. The van der Waals surface area contributed by atoms with E-state index in [-0.39, 0.29) is 18.4 Å². The van der Waals surface area contributed by atoms with Crippen LogP contribution in [-0.2, 0) is 9.47 Å². The molecule has 0 spiro atoms. The molecule has 0 aromatic rings. The van der Waals surface area contributed by atoms with Crippen molar-refractivity contribution < 1.29 is 9.47 Å². The molecule has 4 heteroatoms. The quantitative estimate of drug-likeness (QED) is 0.556. The van der Waals surface area contributed by atoms with Crippen molar-refractivity contribution in [1.29, 1.82) is 0 Å². The smallest absolute Gasteiger partial charge is 0.171 e. The molecule has 4 nitrogen and oxygen atoms in total. The zero-order valence-electron chi connectivity index (χ0n) is 8.33. The summed E-state index contributed by atoms with van der Waals surface area (Å²) in [6.45, 7) is 4.65. The van der Waals surface area contributed by atoms with E-state index in [1.54, 1.807) is 14.2 Å². The van der Waals surface area contributed by atoms with Gasteiger partial charge in [-0.1, -0.05) is 0 Å². The lowest BCUT2D eigenvalue weighted by molar-refractivity contribution is -0.120. The number of hydrogen-bond acceptors (Lipinski definition) is 4. The summed E-state index contributed by atoms with van der Waals surface area (Å²) < 4.78 is 10.2. The van der Waals surface area contributed by atoms with Crippen molar-refractivity contribution in [2.75, 3.05) is 20.8 Å². The summed E-state index contributed by atoms with van der Waals surface area (Å²) in [7, 11) is 3.25. The van der Waals surface area contributed by atoms with E-state index in [1.165, 1.54) is 0 Å². The van der Waals surface area contributed by atoms with Crippen LogP contribution < -0.4 is 11.1 Å². The summed E-state index contributed by atoms with van der Waals surface area (Å²) in [5.74, 6) is 0. The van der Waals surface area contributed by atoms with Gasteiger partial charge in [0.1, 0.15) is 0 Å². The molecular weight excluding hydrogens is 156 g/mol. The molecule has 0 rings (SSSR count). The number of ether oxygens (including phenoxy) is 2. The highest BCUT2D eigenvalue weighted by atomic mass is 16.7. The second-order valence-corrected chi connectivity index (χ2v) is 2.93. The van der Waals surface area contributed by atoms with Gasteiger partial charge in [0.15, 0.2) is 6.29 Å². The van der Waals surface area contributed by atoms with Crippen molar-refractivity contribution in [3.63, 3.8) is 0 Å². The SMILES string of the molecule is COC(OC)C(C)NC(C)CN. The van der Waals surface area contributed by atoms with Crippen LogP contribution >= 0.6 is 0 Å². The highest BCUT2D eigenvalue weighted by Crippen LogP contribution is 1.99. The van der Waals surface area contributed by atoms with Crippen LogP contribution in [0, 0.1) is 0 Å². The molecule has 0 saturated carbocycles. The van der Waals surface area contributed by atoms with Gasteiger partial charge in [0, 0.05) is 26.8 Å². The monoisotopic (exact) mass is 176 g/mol. The van der Waals surface area contributed by atoms with Crippen LogP contribution in [0.3, 0.4) is 0 Å². The van der Waals surface area contributed by atoms with E-state index in [0.717, 1.165) is 0 Å². The minimum Gasteiger partial charge on any atom is -0.354 e. The van der Waals surface area contributed by atoms with E-state index < -0.39 is 0 Å². The Hall–Kier alpha value is -0.160. The summed E-state index contributed by atoms with van der Waals surface area (Å²) in [6, 6.07) is 0.436.